The molecule has 84 valence electrons. The maximum absolute atomic E-state index is 9.63. The zero-order valence-electron chi connectivity index (χ0n) is 9.17. The first-order valence-electron chi connectivity index (χ1n) is 5.55. The SMILES string of the molecule is CCN1CC(n2nnc3c(O)cccc32)C1. The van der Waals surface area contributed by atoms with Crippen molar-refractivity contribution in [1.82, 2.24) is 19.9 Å². The molecule has 5 nitrogen and oxygen atoms in total. The second kappa shape index (κ2) is 3.45. The van der Waals surface area contributed by atoms with Gasteiger partial charge >= 0.3 is 0 Å². The first-order valence-corrected chi connectivity index (χ1v) is 5.55. The van der Waals surface area contributed by atoms with Crippen molar-refractivity contribution in [2.24, 2.45) is 0 Å². The van der Waals surface area contributed by atoms with E-state index in [1.807, 2.05) is 16.8 Å². The number of benzene rings is 1. The van der Waals surface area contributed by atoms with Gasteiger partial charge in [0.2, 0.25) is 0 Å². The summed E-state index contributed by atoms with van der Waals surface area (Å²) in [4.78, 5) is 2.35. The van der Waals surface area contributed by atoms with Crippen LogP contribution in [0.25, 0.3) is 11.0 Å². The topological polar surface area (TPSA) is 54.2 Å². The van der Waals surface area contributed by atoms with Crippen LogP contribution < -0.4 is 0 Å². The summed E-state index contributed by atoms with van der Waals surface area (Å²) in [6, 6.07) is 5.81. The highest BCUT2D eigenvalue weighted by Gasteiger charge is 2.29. The molecule has 0 atom stereocenters. The minimum atomic E-state index is 0.204. The first kappa shape index (κ1) is 9.59. The van der Waals surface area contributed by atoms with Crippen LogP contribution in [-0.4, -0.2) is 44.6 Å². The molecule has 2 heterocycles. The van der Waals surface area contributed by atoms with Gasteiger partial charge in [-0.15, -0.1) is 5.10 Å². The van der Waals surface area contributed by atoms with Gasteiger partial charge in [0.25, 0.3) is 0 Å². The average Bonchev–Trinajstić information content (AvgIpc) is 2.62. The second-order valence-corrected chi connectivity index (χ2v) is 4.18. The van der Waals surface area contributed by atoms with Gasteiger partial charge in [-0.25, -0.2) is 4.68 Å². The molecule has 1 aromatic heterocycles. The summed E-state index contributed by atoms with van der Waals surface area (Å²) in [6.07, 6.45) is 0. The lowest BCUT2D eigenvalue weighted by atomic mass is 10.1. The number of aromatic nitrogens is 3. The highest BCUT2D eigenvalue weighted by atomic mass is 16.3. The Labute approximate surface area is 93.3 Å². The third-order valence-corrected chi connectivity index (χ3v) is 3.21. The summed E-state index contributed by atoms with van der Waals surface area (Å²) in [7, 11) is 0. The Balaban J connectivity index is 1.97. The van der Waals surface area contributed by atoms with Crippen LogP contribution in [0.3, 0.4) is 0 Å². The number of phenolic OH excluding ortho intramolecular Hbond substituents is 1. The molecule has 0 radical (unpaired) electrons. The summed E-state index contributed by atoms with van der Waals surface area (Å²) in [5, 5.41) is 17.8. The lowest BCUT2D eigenvalue weighted by molar-refractivity contribution is 0.107. The monoisotopic (exact) mass is 218 g/mol. The van der Waals surface area contributed by atoms with Gasteiger partial charge in [0.15, 0.2) is 5.52 Å². The molecule has 1 aliphatic rings. The quantitative estimate of drug-likeness (QED) is 0.817. The highest BCUT2D eigenvalue weighted by Crippen LogP contribution is 2.27. The zero-order valence-corrected chi connectivity index (χ0v) is 9.17. The van der Waals surface area contributed by atoms with Crippen LogP contribution in [0.5, 0.6) is 5.75 Å². The van der Waals surface area contributed by atoms with Crippen LogP contribution in [0.1, 0.15) is 13.0 Å². The molecule has 1 aromatic carbocycles. The Kier molecular flexibility index (Phi) is 2.07. The van der Waals surface area contributed by atoms with Crippen molar-refractivity contribution < 1.29 is 5.11 Å². The number of hydrogen-bond acceptors (Lipinski definition) is 4. The van der Waals surface area contributed by atoms with E-state index < -0.39 is 0 Å². The van der Waals surface area contributed by atoms with Crippen molar-refractivity contribution in [3.8, 4) is 5.75 Å². The van der Waals surface area contributed by atoms with E-state index in [1.165, 1.54) is 0 Å². The predicted molar refractivity (Wildman–Crippen MR) is 60.3 cm³/mol. The first-order chi connectivity index (χ1) is 7.79. The zero-order chi connectivity index (χ0) is 11.1. The molecule has 1 N–H and O–H groups in total. The third-order valence-electron chi connectivity index (χ3n) is 3.21. The number of likely N-dealkylation sites (N-methyl/N-ethyl adjacent to an activating group) is 1. The lowest BCUT2D eigenvalue weighted by Gasteiger charge is -2.38. The van der Waals surface area contributed by atoms with Gasteiger partial charge in [0, 0.05) is 13.1 Å². The van der Waals surface area contributed by atoms with Crippen molar-refractivity contribution >= 4 is 11.0 Å². The summed E-state index contributed by atoms with van der Waals surface area (Å²) in [5.74, 6) is 0.204. The Morgan fingerprint density at radius 1 is 1.44 bits per heavy atom. The van der Waals surface area contributed by atoms with Crippen LogP contribution >= 0.6 is 0 Å². The predicted octanol–water partition coefficient (Wildman–Crippen LogP) is 1.01. The summed E-state index contributed by atoms with van der Waals surface area (Å²) in [5.41, 5.74) is 1.51. The molecule has 1 aliphatic heterocycles. The maximum Gasteiger partial charge on any atom is 0.154 e. The van der Waals surface area contributed by atoms with E-state index in [0.717, 1.165) is 25.2 Å². The van der Waals surface area contributed by atoms with Crippen LogP contribution in [0.2, 0.25) is 0 Å². The smallest absolute Gasteiger partial charge is 0.154 e. The largest absolute Gasteiger partial charge is 0.506 e. The average molecular weight is 218 g/mol. The fourth-order valence-electron chi connectivity index (χ4n) is 2.17. The number of likely N-dealkylation sites (tertiary alicyclic amines) is 1. The Hall–Kier alpha value is -1.62. The van der Waals surface area contributed by atoms with Crippen molar-refractivity contribution in [1.29, 1.82) is 0 Å². The van der Waals surface area contributed by atoms with Crippen LogP contribution in [0, 0.1) is 0 Å². The van der Waals surface area contributed by atoms with Gasteiger partial charge < -0.3 is 5.11 Å². The molecule has 1 fully saturated rings. The standard InChI is InChI=1S/C11H14N4O/c1-2-14-6-8(7-14)15-9-4-3-5-10(16)11(9)12-13-15/h3-5,8,16H,2,6-7H2,1H3. The molecule has 5 heteroatoms. The molecular formula is C11H14N4O. The Morgan fingerprint density at radius 3 is 3.00 bits per heavy atom. The van der Waals surface area contributed by atoms with Gasteiger partial charge in [0.05, 0.1) is 11.6 Å². The van der Waals surface area contributed by atoms with E-state index in [4.69, 9.17) is 0 Å². The fraction of sp³-hybridized carbons (Fsp3) is 0.455. The highest BCUT2D eigenvalue weighted by molar-refractivity contribution is 5.80. The summed E-state index contributed by atoms with van der Waals surface area (Å²) in [6.45, 7) is 5.27. The van der Waals surface area contributed by atoms with E-state index in [2.05, 4.69) is 22.1 Å². The van der Waals surface area contributed by atoms with Crippen molar-refractivity contribution in [3.05, 3.63) is 18.2 Å². The van der Waals surface area contributed by atoms with Crippen LogP contribution in [0.15, 0.2) is 18.2 Å². The van der Waals surface area contributed by atoms with E-state index in [9.17, 15) is 5.11 Å². The second-order valence-electron chi connectivity index (χ2n) is 4.18. The molecule has 0 aliphatic carbocycles. The molecule has 0 bridgehead atoms. The number of aromatic hydroxyl groups is 1. The molecule has 0 spiro atoms. The molecule has 0 unspecified atom stereocenters. The summed E-state index contributed by atoms with van der Waals surface area (Å²) < 4.78 is 1.92. The van der Waals surface area contributed by atoms with E-state index in [1.54, 1.807) is 6.07 Å². The van der Waals surface area contributed by atoms with Gasteiger partial charge in [-0.3, -0.25) is 4.90 Å². The van der Waals surface area contributed by atoms with Crippen molar-refractivity contribution in [2.45, 2.75) is 13.0 Å². The van der Waals surface area contributed by atoms with Crippen molar-refractivity contribution in [3.63, 3.8) is 0 Å². The minimum absolute atomic E-state index is 0.204. The van der Waals surface area contributed by atoms with E-state index in [0.29, 0.717) is 11.6 Å². The molecule has 2 aromatic rings. The van der Waals surface area contributed by atoms with E-state index in [-0.39, 0.29) is 5.75 Å². The summed E-state index contributed by atoms with van der Waals surface area (Å²) >= 11 is 0. The minimum Gasteiger partial charge on any atom is -0.506 e. The van der Waals surface area contributed by atoms with Crippen LogP contribution in [-0.2, 0) is 0 Å². The van der Waals surface area contributed by atoms with Gasteiger partial charge in [-0.05, 0) is 18.7 Å². The Morgan fingerprint density at radius 2 is 2.25 bits per heavy atom. The number of nitrogens with zero attached hydrogens (tertiary/aromatic N) is 4. The maximum atomic E-state index is 9.63. The molecule has 16 heavy (non-hydrogen) atoms. The Bertz CT molecular complexity index is 516. The number of phenols is 1. The van der Waals surface area contributed by atoms with Crippen molar-refractivity contribution in [2.75, 3.05) is 19.6 Å². The van der Waals surface area contributed by atoms with Crippen LogP contribution in [0.4, 0.5) is 0 Å². The number of fused-ring (bicyclic) bond motifs is 1. The van der Waals surface area contributed by atoms with Gasteiger partial charge in [-0.1, -0.05) is 18.2 Å². The normalized spacial score (nSPS) is 17.8. The fourth-order valence-corrected chi connectivity index (χ4v) is 2.17. The van der Waals surface area contributed by atoms with E-state index >= 15 is 0 Å². The molecule has 3 rings (SSSR count). The van der Waals surface area contributed by atoms with Gasteiger partial charge in [0.1, 0.15) is 5.75 Å². The third kappa shape index (κ3) is 1.28. The molecule has 0 amide bonds. The number of hydrogen-bond donors (Lipinski definition) is 1. The molecular weight excluding hydrogens is 204 g/mol. The van der Waals surface area contributed by atoms with Gasteiger partial charge in [-0.2, -0.15) is 0 Å². The lowest BCUT2D eigenvalue weighted by Crippen LogP contribution is -2.47. The molecule has 1 saturated heterocycles. The number of rotatable bonds is 2. The molecule has 0 saturated carbocycles.